The minimum Gasteiger partial charge on any atom is -0.490 e. The van der Waals surface area contributed by atoms with Gasteiger partial charge in [-0.05, 0) is 55.7 Å². The topological polar surface area (TPSA) is 34.1 Å². The summed E-state index contributed by atoms with van der Waals surface area (Å²) >= 11 is 0. The predicted molar refractivity (Wildman–Crippen MR) is 72.2 cm³/mol. The molecule has 1 aromatic rings. The van der Waals surface area contributed by atoms with Gasteiger partial charge in [0, 0.05) is 12.2 Å². The van der Waals surface area contributed by atoms with Gasteiger partial charge in [0.05, 0.1) is 12.9 Å². The third kappa shape index (κ3) is 3.24. The number of aromatic nitrogens is 1. The van der Waals surface area contributed by atoms with Crippen LogP contribution in [0.1, 0.15) is 37.2 Å². The molecule has 2 heterocycles. The molecule has 1 aromatic heterocycles. The molecule has 0 radical (unpaired) electrons. The van der Waals surface area contributed by atoms with Crippen molar-refractivity contribution >= 4 is 0 Å². The van der Waals surface area contributed by atoms with Crippen molar-refractivity contribution in [1.29, 1.82) is 0 Å². The van der Waals surface area contributed by atoms with Crippen LogP contribution < -0.4 is 10.1 Å². The Morgan fingerprint density at radius 1 is 1.42 bits per heavy atom. The second-order valence-electron chi connectivity index (χ2n) is 5.64. The van der Waals surface area contributed by atoms with E-state index >= 15 is 0 Å². The highest BCUT2D eigenvalue weighted by Gasteiger charge is 2.38. The molecule has 1 aliphatic carbocycles. The van der Waals surface area contributed by atoms with Crippen molar-refractivity contribution in [3.8, 4) is 5.75 Å². The molecule has 4 heteroatoms. The summed E-state index contributed by atoms with van der Waals surface area (Å²) in [6.45, 7) is 1.60. The number of rotatable bonds is 6. The highest BCUT2D eigenvalue weighted by molar-refractivity contribution is 5.30. The number of nitrogens with one attached hydrogen (secondary N) is 1. The summed E-state index contributed by atoms with van der Waals surface area (Å²) < 4.78 is 18.1. The van der Waals surface area contributed by atoms with Crippen LogP contribution in [0, 0.1) is 5.92 Å². The number of pyridine rings is 1. The van der Waals surface area contributed by atoms with Gasteiger partial charge in [0.2, 0.25) is 0 Å². The van der Waals surface area contributed by atoms with Crippen molar-refractivity contribution in [2.75, 3.05) is 19.8 Å². The maximum Gasteiger partial charge on any atom is 0.137 e. The summed E-state index contributed by atoms with van der Waals surface area (Å²) in [7, 11) is 0. The van der Waals surface area contributed by atoms with E-state index in [-0.39, 0.29) is 6.67 Å². The number of alkyl halides is 1. The molecule has 3 nitrogen and oxygen atoms in total. The Bertz CT molecular complexity index is 420. The number of hydrogen-bond donors (Lipinski definition) is 1. The number of nitrogens with zero attached hydrogens (tertiary/aromatic N) is 1. The molecule has 0 bridgehead atoms. The van der Waals surface area contributed by atoms with Crippen LogP contribution in [-0.4, -0.2) is 30.9 Å². The minimum absolute atomic E-state index is 0.210. The number of ether oxygens (including phenoxy) is 1. The maximum absolute atomic E-state index is 12.3. The smallest absolute Gasteiger partial charge is 0.137 e. The van der Waals surface area contributed by atoms with Gasteiger partial charge in [0.15, 0.2) is 0 Å². The average molecular weight is 264 g/mol. The molecule has 1 aliphatic heterocycles. The minimum atomic E-state index is -0.210. The van der Waals surface area contributed by atoms with Gasteiger partial charge in [0.1, 0.15) is 12.4 Å². The van der Waals surface area contributed by atoms with Crippen LogP contribution in [0.4, 0.5) is 4.39 Å². The van der Waals surface area contributed by atoms with Crippen LogP contribution in [-0.2, 0) is 0 Å². The van der Waals surface area contributed by atoms with E-state index in [9.17, 15) is 4.39 Å². The van der Waals surface area contributed by atoms with Gasteiger partial charge in [-0.15, -0.1) is 0 Å². The van der Waals surface area contributed by atoms with Crippen molar-refractivity contribution in [1.82, 2.24) is 10.3 Å². The van der Waals surface area contributed by atoms with Crippen molar-refractivity contribution in [2.24, 2.45) is 5.92 Å². The Morgan fingerprint density at radius 2 is 2.37 bits per heavy atom. The predicted octanol–water partition coefficient (Wildman–Crippen LogP) is 2.68. The standard InChI is InChI=1S/C15H21FN2O/c16-4-3-11-7-15(11)12-6-14(9-17-8-12)19-10-13-2-1-5-18-13/h6,8-9,11,13,15,18H,1-5,7,10H2/t11-,13-,15-/m0/s1. The molecule has 2 aliphatic rings. The van der Waals surface area contributed by atoms with Gasteiger partial charge >= 0.3 is 0 Å². The normalized spacial score (nSPS) is 29.4. The van der Waals surface area contributed by atoms with E-state index in [4.69, 9.17) is 4.74 Å². The molecule has 1 N–H and O–H groups in total. The molecule has 3 rings (SSSR count). The maximum atomic E-state index is 12.3. The lowest BCUT2D eigenvalue weighted by Gasteiger charge is -2.12. The molecule has 0 unspecified atom stereocenters. The van der Waals surface area contributed by atoms with Crippen molar-refractivity contribution in [2.45, 2.75) is 37.6 Å². The number of hydrogen-bond acceptors (Lipinski definition) is 3. The molecule has 2 fully saturated rings. The Hall–Kier alpha value is -1.16. The molecule has 19 heavy (non-hydrogen) atoms. The monoisotopic (exact) mass is 264 g/mol. The first-order valence-electron chi connectivity index (χ1n) is 7.24. The Kier molecular flexibility index (Phi) is 3.97. The van der Waals surface area contributed by atoms with Crippen LogP contribution in [0.25, 0.3) is 0 Å². The van der Waals surface area contributed by atoms with Gasteiger partial charge in [-0.25, -0.2) is 0 Å². The quantitative estimate of drug-likeness (QED) is 0.857. The molecular weight excluding hydrogens is 243 g/mol. The zero-order chi connectivity index (χ0) is 13.1. The third-order valence-electron chi connectivity index (χ3n) is 4.18. The van der Waals surface area contributed by atoms with Crippen LogP contribution in [0.2, 0.25) is 0 Å². The van der Waals surface area contributed by atoms with Gasteiger partial charge in [0.25, 0.3) is 0 Å². The first kappa shape index (κ1) is 12.9. The highest BCUT2D eigenvalue weighted by atomic mass is 19.1. The molecule has 1 saturated heterocycles. The largest absolute Gasteiger partial charge is 0.490 e. The molecule has 0 aromatic carbocycles. The summed E-state index contributed by atoms with van der Waals surface area (Å²) in [6, 6.07) is 2.55. The van der Waals surface area contributed by atoms with E-state index in [2.05, 4.69) is 16.4 Å². The Balaban J connectivity index is 1.54. The van der Waals surface area contributed by atoms with E-state index in [0.29, 0.717) is 30.9 Å². The van der Waals surface area contributed by atoms with Crippen LogP contribution >= 0.6 is 0 Å². The van der Waals surface area contributed by atoms with Crippen LogP contribution in [0.15, 0.2) is 18.5 Å². The summed E-state index contributed by atoms with van der Waals surface area (Å²) in [5, 5.41) is 3.41. The van der Waals surface area contributed by atoms with E-state index < -0.39 is 0 Å². The van der Waals surface area contributed by atoms with Gasteiger partial charge in [-0.1, -0.05) is 0 Å². The van der Waals surface area contributed by atoms with Crippen LogP contribution in [0.5, 0.6) is 5.75 Å². The molecule has 104 valence electrons. The second-order valence-corrected chi connectivity index (χ2v) is 5.64. The molecular formula is C15H21FN2O. The van der Waals surface area contributed by atoms with E-state index in [1.54, 1.807) is 6.20 Å². The van der Waals surface area contributed by atoms with Crippen molar-refractivity contribution in [3.63, 3.8) is 0 Å². The van der Waals surface area contributed by atoms with E-state index in [1.165, 1.54) is 18.4 Å². The van der Waals surface area contributed by atoms with Crippen molar-refractivity contribution < 1.29 is 9.13 Å². The molecule has 0 spiro atoms. The van der Waals surface area contributed by atoms with Crippen LogP contribution in [0.3, 0.4) is 0 Å². The summed E-state index contributed by atoms with van der Waals surface area (Å²) in [5.74, 6) is 1.85. The summed E-state index contributed by atoms with van der Waals surface area (Å²) in [4.78, 5) is 4.25. The Morgan fingerprint density at radius 3 is 3.16 bits per heavy atom. The lowest BCUT2D eigenvalue weighted by molar-refractivity contribution is 0.276. The molecule has 1 saturated carbocycles. The molecule has 3 atom stereocenters. The second kappa shape index (κ2) is 5.87. The summed E-state index contributed by atoms with van der Waals surface area (Å²) in [6.07, 6.45) is 7.86. The third-order valence-corrected chi connectivity index (χ3v) is 4.18. The fourth-order valence-electron chi connectivity index (χ4n) is 2.93. The zero-order valence-corrected chi connectivity index (χ0v) is 11.1. The lowest BCUT2D eigenvalue weighted by atomic mass is 10.1. The van der Waals surface area contributed by atoms with Gasteiger partial charge in [-0.3, -0.25) is 9.37 Å². The Labute approximate surface area is 113 Å². The first-order valence-corrected chi connectivity index (χ1v) is 7.24. The van der Waals surface area contributed by atoms with Gasteiger partial charge < -0.3 is 10.1 Å². The highest BCUT2D eigenvalue weighted by Crippen LogP contribution is 2.49. The van der Waals surface area contributed by atoms with Gasteiger partial charge in [-0.2, -0.15) is 0 Å². The molecule has 0 amide bonds. The average Bonchev–Trinajstić information content (AvgIpc) is 3.01. The fourth-order valence-corrected chi connectivity index (χ4v) is 2.93. The lowest BCUT2D eigenvalue weighted by Crippen LogP contribution is -2.28. The fraction of sp³-hybridized carbons (Fsp3) is 0.667. The number of halogens is 1. The summed E-state index contributed by atoms with van der Waals surface area (Å²) in [5.41, 5.74) is 1.20. The first-order chi connectivity index (χ1) is 9.36. The SMILES string of the molecule is FCC[C@H]1C[C@@H]1c1cncc(OC[C@@H]2CCCN2)c1. The van der Waals surface area contributed by atoms with E-state index in [1.807, 2.05) is 6.20 Å². The van der Waals surface area contributed by atoms with E-state index in [0.717, 1.165) is 18.7 Å². The zero-order valence-electron chi connectivity index (χ0n) is 11.1. The van der Waals surface area contributed by atoms with Crippen molar-refractivity contribution in [3.05, 3.63) is 24.0 Å².